The Labute approximate surface area is 125 Å². The number of aliphatic hydroxyl groups excluding tert-OH is 1. The maximum absolute atomic E-state index is 10.7. The molecule has 1 unspecified atom stereocenters. The third-order valence-electron chi connectivity index (χ3n) is 4.01. The van der Waals surface area contributed by atoms with Gasteiger partial charge < -0.3 is 5.11 Å². The van der Waals surface area contributed by atoms with Crippen molar-refractivity contribution in [1.29, 1.82) is 0 Å². The topological polar surface area (TPSA) is 37.5 Å². The zero-order valence-electron chi connectivity index (χ0n) is 10.5. The van der Waals surface area contributed by atoms with Crippen LogP contribution in [0.25, 0.3) is 5.52 Å². The number of hydrogen-bond acceptors (Lipinski definition) is 2. The highest BCUT2D eigenvalue weighted by Gasteiger charge is 2.27. The maximum Gasteiger partial charge on any atom is 0.0995 e. The molecule has 5 heteroatoms. The van der Waals surface area contributed by atoms with Gasteiger partial charge in [0.2, 0.25) is 0 Å². The molecule has 19 heavy (non-hydrogen) atoms. The van der Waals surface area contributed by atoms with Gasteiger partial charge in [-0.25, -0.2) is 4.98 Å². The van der Waals surface area contributed by atoms with E-state index in [4.69, 9.17) is 11.6 Å². The molecule has 102 valence electrons. The molecule has 0 radical (unpaired) electrons. The SMILES string of the molecule is OC(c1c(Cl)c(Br)cc2cncn12)C1CCCCC1. The Morgan fingerprint density at radius 1 is 1.37 bits per heavy atom. The van der Waals surface area contributed by atoms with Crippen LogP contribution in [0.1, 0.15) is 43.9 Å². The zero-order valence-corrected chi connectivity index (χ0v) is 12.9. The van der Waals surface area contributed by atoms with Crippen LogP contribution in [0.3, 0.4) is 0 Å². The van der Waals surface area contributed by atoms with Crippen LogP contribution in [0, 0.1) is 5.92 Å². The summed E-state index contributed by atoms with van der Waals surface area (Å²) in [5.41, 5.74) is 1.71. The van der Waals surface area contributed by atoms with E-state index < -0.39 is 6.10 Å². The molecular formula is C14H16BrClN2O. The van der Waals surface area contributed by atoms with Crippen LogP contribution in [0.5, 0.6) is 0 Å². The summed E-state index contributed by atoms with van der Waals surface area (Å²) >= 11 is 9.85. The molecule has 1 saturated carbocycles. The Balaban J connectivity index is 2.07. The van der Waals surface area contributed by atoms with Crippen molar-refractivity contribution in [2.45, 2.75) is 38.2 Å². The van der Waals surface area contributed by atoms with Crippen molar-refractivity contribution in [2.24, 2.45) is 5.92 Å². The number of nitrogens with zero attached hydrogens (tertiary/aromatic N) is 2. The minimum atomic E-state index is -0.526. The molecule has 0 amide bonds. The average molecular weight is 344 g/mol. The van der Waals surface area contributed by atoms with Crippen molar-refractivity contribution in [2.75, 3.05) is 0 Å². The quantitative estimate of drug-likeness (QED) is 0.879. The Bertz CT molecular complexity index is 592. The molecule has 0 bridgehead atoms. The van der Waals surface area contributed by atoms with Crippen LogP contribution in [-0.4, -0.2) is 14.5 Å². The lowest BCUT2D eigenvalue weighted by Crippen LogP contribution is -2.18. The predicted molar refractivity (Wildman–Crippen MR) is 79.4 cm³/mol. The Hall–Kier alpha value is -0.580. The summed E-state index contributed by atoms with van der Waals surface area (Å²) in [6.45, 7) is 0. The van der Waals surface area contributed by atoms with E-state index in [0.717, 1.165) is 28.5 Å². The minimum absolute atomic E-state index is 0.297. The van der Waals surface area contributed by atoms with Crippen LogP contribution < -0.4 is 0 Å². The minimum Gasteiger partial charge on any atom is -0.387 e. The molecule has 1 N–H and O–H groups in total. The highest BCUT2D eigenvalue weighted by Crippen LogP contribution is 2.39. The third kappa shape index (κ3) is 2.41. The van der Waals surface area contributed by atoms with Crippen molar-refractivity contribution >= 4 is 33.0 Å². The smallest absolute Gasteiger partial charge is 0.0995 e. The number of pyridine rings is 1. The van der Waals surface area contributed by atoms with Gasteiger partial charge in [-0.1, -0.05) is 30.9 Å². The van der Waals surface area contributed by atoms with Crippen molar-refractivity contribution in [1.82, 2.24) is 9.38 Å². The standard InChI is InChI=1S/C14H16BrClN2O/c15-11-6-10-7-17-8-18(10)13(12(11)16)14(19)9-4-2-1-3-5-9/h6-9,14,19H,1-5H2. The van der Waals surface area contributed by atoms with E-state index in [1.165, 1.54) is 19.3 Å². The lowest BCUT2D eigenvalue weighted by atomic mass is 9.84. The van der Waals surface area contributed by atoms with E-state index >= 15 is 0 Å². The summed E-state index contributed by atoms with van der Waals surface area (Å²) < 4.78 is 2.71. The maximum atomic E-state index is 10.7. The third-order valence-corrected chi connectivity index (χ3v) is 5.26. The number of halogens is 2. The number of fused-ring (bicyclic) bond motifs is 1. The second-order valence-electron chi connectivity index (χ2n) is 5.22. The summed E-state index contributed by atoms with van der Waals surface area (Å²) in [6, 6.07) is 1.92. The number of hydrogen-bond donors (Lipinski definition) is 1. The van der Waals surface area contributed by atoms with Crippen molar-refractivity contribution in [3.63, 3.8) is 0 Å². The molecule has 2 aromatic heterocycles. The first-order chi connectivity index (χ1) is 9.18. The summed E-state index contributed by atoms with van der Waals surface area (Å²) in [7, 11) is 0. The monoisotopic (exact) mass is 342 g/mol. The fourth-order valence-electron chi connectivity index (χ4n) is 2.98. The normalized spacial score (nSPS) is 18.9. The molecule has 1 aliphatic rings. The number of rotatable bonds is 2. The van der Waals surface area contributed by atoms with E-state index in [-0.39, 0.29) is 0 Å². The van der Waals surface area contributed by atoms with Crippen LogP contribution >= 0.6 is 27.5 Å². The second kappa shape index (κ2) is 5.43. The van der Waals surface area contributed by atoms with Gasteiger partial charge in [0.25, 0.3) is 0 Å². The summed E-state index contributed by atoms with van der Waals surface area (Å²) in [6.07, 6.45) is 8.77. The second-order valence-corrected chi connectivity index (χ2v) is 6.46. The first-order valence-corrected chi connectivity index (χ1v) is 7.83. The lowest BCUT2D eigenvalue weighted by molar-refractivity contribution is 0.0802. The predicted octanol–water partition coefficient (Wildman–Crippen LogP) is 4.36. The zero-order chi connectivity index (χ0) is 13.4. The van der Waals surface area contributed by atoms with Gasteiger partial charge in [-0.05, 0) is 40.8 Å². The fourth-order valence-corrected chi connectivity index (χ4v) is 3.68. The number of aliphatic hydroxyl groups is 1. The van der Waals surface area contributed by atoms with Gasteiger partial charge in [0.05, 0.1) is 34.9 Å². The van der Waals surface area contributed by atoms with E-state index in [1.807, 2.05) is 10.5 Å². The molecule has 2 aromatic rings. The van der Waals surface area contributed by atoms with Gasteiger partial charge in [0.15, 0.2) is 0 Å². The summed E-state index contributed by atoms with van der Waals surface area (Å²) in [5.74, 6) is 0.297. The Morgan fingerprint density at radius 3 is 2.84 bits per heavy atom. The molecule has 3 rings (SSSR count). The van der Waals surface area contributed by atoms with Crippen LogP contribution in [0.15, 0.2) is 23.1 Å². The lowest BCUT2D eigenvalue weighted by Gasteiger charge is -2.28. The number of aromatic nitrogens is 2. The molecule has 0 aromatic carbocycles. The van der Waals surface area contributed by atoms with Crippen molar-refractivity contribution < 1.29 is 5.11 Å². The van der Waals surface area contributed by atoms with Gasteiger partial charge in [-0.15, -0.1) is 0 Å². The largest absolute Gasteiger partial charge is 0.387 e. The van der Waals surface area contributed by atoms with E-state index in [0.29, 0.717) is 10.9 Å². The molecule has 3 nitrogen and oxygen atoms in total. The van der Waals surface area contributed by atoms with E-state index in [9.17, 15) is 5.11 Å². The van der Waals surface area contributed by atoms with Crippen LogP contribution in [0.2, 0.25) is 5.02 Å². The number of imidazole rings is 1. The van der Waals surface area contributed by atoms with E-state index in [2.05, 4.69) is 20.9 Å². The van der Waals surface area contributed by atoms with Crippen molar-refractivity contribution in [3.05, 3.63) is 33.8 Å². The molecule has 1 aliphatic carbocycles. The van der Waals surface area contributed by atoms with E-state index in [1.54, 1.807) is 12.5 Å². The fraction of sp³-hybridized carbons (Fsp3) is 0.500. The first kappa shape index (κ1) is 13.4. The molecule has 0 aliphatic heterocycles. The van der Waals surface area contributed by atoms with Crippen LogP contribution in [0.4, 0.5) is 0 Å². The first-order valence-electron chi connectivity index (χ1n) is 6.66. The van der Waals surface area contributed by atoms with Gasteiger partial charge in [-0.3, -0.25) is 4.40 Å². The molecule has 0 spiro atoms. The molecular weight excluding hydrogens is 328 g/mol. The van der Waals surface area contributed by atoms with Gasteiger partial charge in [0.1, 0.15) is 0 Å². The molecule has 1 atom stereocenters. The van der Waals surface area contributed by atoms with Gasteiger partial charge >= 0.3 is 0 Å². The van der Waals surface area contributed by atoms with Gasteiger partial charge in [0, 0.05) is 4.47 Å². The van der Waals surface area contributed by atoms with Gasteiger partial charge in [-0.2, -0.15) is 0 Å². The summed E-state index contributed by atoms with van der Waals surface area (Å²) in [4.78, 5) is 4.14. The average Bonchev–Trinajstić information content (AvgIpc) is 2.88. The Kier molecular flexibility index (Phi) is 3.83. The summed E-state index contributed by atoms with van der Waals surface area (Å²) in [5, 5.41) is 11.3. The Morgan fingerprint density at radius 2 is 2.11 bits per heavy atom. The molecule has 0 saturated heterocycles. The van der Waals surface area contributed by atoms with Crippen molar-refractivity contribution in [3.8, 4) is 0 Å². The molecule has 1 fully saturated rings. The van der Waals surface area contributed by atoms with Crippen LogP contribution in [-0.2, 0) is 0 Å². The molecule has 2 heterocycles. The highest BCUT2D eigenvalue weighted by atomic mass is 79.9. The highest BCUT2D eigenvalue weighted by molar-refractivity contribution is 9.10.